The molecule has 0 aliphatic carbocycles. The highest BCUT2D eigenvalue weighted by Crippen LogP contribution is 2.24. The minimum atomic E-state index is -1.18. The number of thiophene rings is 1. The van der Waals surface area contributed by atoms with E-state index in [2.05, 4.69) is 5.32 Å². The predicted molar refractivity (Wildman–Crippen MR) is 61.5 cm³/mol. The summed E-state index contributed by atoms with van der Waals surface area (Å²) in [4.78, 5) is 22.9. The van der Waals surface area contributed by atoms with Crippen LogP contribution in [-0.2, 0) is 4.79 Å². The van der Waals surface area contributed by atoms with Crippen LogP contribution in [0.4, 0.5) is 0 Å². The number of hydrogen-bond acceptors (Lipinski definition) is 5. The van der Waals surface area contributed by atoms with Gasteiger partial charge in [0.25, 0.3) is 5.91 Å². The molecule has 1 aromatic heterocycles. The first-order valence-corrected chi connectivity index (χ1v) is 5.74. The zero-order valence-corrected chi connectivity index (χ0v) is 9.99. The maximum atomic E-state index is 11.7. The molecule has 0 bridgehead atoms. The summed E-state index contributed by atoms with van der Waals surface area (Å²) in [5.74, 6) is -1.29. The Hall–Kier alpha value is -1.60. The SMILES string of the molecule is COc1ccsc1C(=O)N[C@@H](CCO)C(=O)O. The lowest BCUT2D eigenvalue weighted by atomic mass is 10.2. The Morgan fingerprint density at radius 3 is 2.82 bits per heavy atom. The standard InChI is InChI=1S/C10H13NO5S/c1-16-7-3-5-17-8(7)9(13)11-6(2-4-12)10(14)15/h3,5-6,12H,2,4H2,1H3,(H,11,13)(H,14,15)/t6-/m0/s1. The molecule has 0 spiro atoms. The molecular weight excluding hydrogens is 246 g/mol. The lowest BCUT2D eigenvalue weighted by Gasteiger charge is -2.12. The summed E-state index contributed by atoms with van der Waals surface area (Å²) >= 11 is 1.16. The van der Waals surface area contributed by atoms with E-state index in [1.165, 1.54) is 7.11 Å². The molecule has 0 saturated carbocycles. The van der Waals surface area contributed by atoms with Crippen LogP contribution in [0.1, 0.15) is 16.1 Å². The van der Waals surface area contributed by atoms with Gasteiger partial charge in [-0.05, 0) is 11.4 Å². The quantitative estimate of drug-likeness (QED) is 0.684. The van der Waals surface area contributed by atoms with Crippen molar-refractivity contribution in [1.82, 2.24) is 5.32 Å². The molecule has 1 rings (SSSR count). The third kappa shape index (κ3) is 3.43. The first kappa shape index (κ1) is 13.5. The van der Waals surface area contributed by atoms with Gasteiger partial charge < -0.3 is 20.3 Å². The molecule has 17 heavy (non-hydrogen) atoms. The Balaban J connectivity index is 2.73. The Kier molecular flexibility index (Phi) is 4.92. The second-order valence-electron chi connectivity index (χ2n) is 3.19. The van der Waals surface area contributed by atoms with E-state index in [1.807, 2.05) is 0 Å². The maximum Gasteiger partial charge on any atom is 0.326 e. The van der Waals surface area contributed by atoms with E-state index in [4.69, 9.17) is 14.9 Å². The summed E-state index contributed by atoms with van der Waals surface area (Å²) in [6, 6.07) is 0.529. The second-order valence-corrected chi connectivity index (χ2v) is 4.11. The van der Waals surface area contributed by atoms with Gasteiger partial charge in [0.15, 0.2) is 0 Å². The van der Waals surface area contributed by atoms with Crippen LogP contribution in [0.5, 0.6) is 5.75 Å². The minimum absolute atomic E-state index is 0.0330. The van der Waals surface area contributed by atoms with Crippen molar-refractivity contribution in [2.24, 2.45) is 0 Å². The molecule has 0 fully saturated rings. The number of rotatable bonds is 6. The van der Waals surface area contributed by atoms with Gasteiger partial charge in [0.2, 0.25) is 0 Å². The number of ether oxygens (including phenoxy) is 1. The fourth-order valence-corrected chi connectivity index (χ4v) is 2.00. The smallest absolute Gasteiger partial charge is 0.326 e. The Bertz CT molecular complexity index is 403. The van der Waals surface area contributed by atoms with Gasteiger partial charge in [0.05, 0.1) is 7.11 Å². The Morgan fingerprint density at radius 1 is 1.59 bits per heavy atom. The topological polar surface area (TPSA) is 95.9 Å². The summed E-state index contributed by atoms with van der Waals surface area (Å²) in [6.45, 7) is -0.307. The highest BCUT2D eigenvalue weighted by molar-refractivity contribution is 7.12. The zero-order valence-electron chi connectivity index (χ0n) is 9.17. The van der Waals surface area contributed by atoms with Crippen LogP contribution >= 0.6 is 11.3 Å². The molecule has 1 amide bonds. The summed E-state index contributed by atoms with van der Waals surface area (Å²) in [7, 11) is 1.43. The first-order valence-electron chi connectivity index (χ1n) is 4.86. The molecule has 7 heteroatoms. The summed E-state index contributed by atoms with van der Waals surface area (Å²) < 4.78 is 4.96. The molecule has 1 heterocycles. The molecule has 0 saturated heterocycles. The van der Waals surface area contributed by atoms with Crippen molar-refractivity contribution in [3.8, 4) is 5.75 Å². The van der Waals surface area contributed by atoms with Gasteiger partial charge in [0, 0.05) is 13.0 Å². The van der Waals surface area contributed by atoms with Crippen LogP contribution in [0.2, 0.25) is 0 Å². The molecule has 0 radical (unpaired) electrons. The van der Waals surface area contributed by atoms with Crippen molar-refractivity contribution in [1.29, 1.82) is 0 Å². The molecule has 6 nitrogen and oxygen atoms in total. The summed E-state index contributed by atoms with van der Waals surface area (Å²) in [5, 5.41) is 21.5. The molecule has 1 aromatic rings. The van der Waals surface area contributed by atoms with Crippen molar-refractivity contribution in [2.45, 2.75) is 12.5 Å². The van der Waals surface area contributed by atoms with E-state index in [9.17, 15) is 9.59 Å². The number of hydrogen-bond donors (Lipinski definition) is 3. The molecular formula is C10H13NO5S. The van der Waals surface area contributed by atoms with Gasteiger partial charge in [-0.25, -0.2) is 4.79 Å². The molecule has 1 atom stereocenters. The van der Waals surface area contributed by atoms with E-state index in [0.29, 0.717) is 10.6 Å². The second kappa shape index (κ2) is 6.21. The van der Waals surface area contributed by atoms with Gasteiger partial charge in [-0.3, -0.25) is 4.79 Å². The monoisotopic (exact) mass is 259 g/mol. The van der Waals surface area contributed by atoms with Crippen molar-refractivity contribution < 1.29 is 24.5 Å². The van der Waals surface area contributed by atoms with E-state index < -0.39 is 17.9 Å². The van der Waals surface area contributed by atoms with Gasteiger partial charge in [0.1, 0.15) is 16.7 Å². The number of amides is 1. The number of carboxylic acid groups (broad SMARTS) is 1. The van der Waals surface area contributed by atoms with Crippen molar-refractivity contribution in [2.75, 3.05) is 13.7 Å². The molecule has 0 aromatic carbocycles. The van der Waals surface area contributed by atoms with Gasteiger partial charge >= 0.3 is 5.97 Å². The fourth-order valence-electron chi connectivity index (χ4n) is 1.23. The third-order valence-corrected chi connectivity index (χ3v) is 2.97. The van der Waals surface area contributed by atoms with E-state index in [0.717, 1.165) is 11.3 Å². The van der Waals surface area contributed by atoms with Crippen molar-refractivity contribution in [3.63, 3.8) is 0 Å². The highest BCUT2D eigenvalue weighted by Gasteiger charge is 2.22. The van der Waals surface area contributed by atoms with E-state index in [-0.39, 0.29) is 13.0 Å². The van der Waals surface area contributed by atoms with Gasteiger partial charge in [-0.15, -0.1) is 11.3 Å². The molecule has 0 aliphatic rings. The lowest BCUT2D eigenvalue weighted by molar-refractivity contribution is -0.139. The number of nitrogens with one attached hydrogen (secondary N) is 1. The van der Waals surface area contributed by atoms with Gasteiger partial charge in [-0.1, -0.05) is 0 Å². The van der Waals surface area contributed by atoms with Crippen LogP contribution in [0.15, 0.2) is 11.4 Å². The Labute approximate surface area is 102 Å². The van der Waals surface area contributed by atoms with Crippen molar-refractivity contribution >= 4 is 23.2 Å². The van der Waals surface area contributed by atoms with Crippen LogP contribution < -0.4 is 10.1 Å². The van der Waals surface area contributed by atoms with Gasteiger partial charge in [-0.2, -0.15) is 0 Å². The Morgan fingerprint density at radius 2 is 2.29 bits per heavy atom. The fraction of sp³-hybridized carbons (Fsp3) is 0.400. The molecule has 3 N–H and O–H groups in total. The third-order valence-electron chi connectivity index (χ3n) is 2.08. The largest absolute Gasteiger partial charge is 0.495 e. The van der Waals surface area contributed by atoms with Crippen LogP contribution in [0.25, 0.3) is 0 Å². The normalized spacial score (nSPS) is 11.9. The number of carbonyl (C=O) groups is 2. The molecule has 0 aliphatic heterocycles. The van der Waals surface area contributed by atoms with E-state index in [1.54, 1.807) is 11.4 Å². The summed E-state index contributed by atoms with van der Waals surface area (Å²) in [6.07, 6.45) is -0.0330. The lowest BCUT2D eigenvalue weighted by Crippen LogP contribution is -2.41. The average molecular weight is 259 g/mol. The number of aliphatic hydroxyl groups excluding tert-OH is 1. The number of methoxy groups -OCH3 is 1. The average Bonchev–Trinajstić information content (AvgIpc) is 2.76. The number of aliphatic carboxylic acids is 1. The minimum Gasteiger partial charge on any atom is -0.495 e. The van der Waals surface area contributed by atoms with Crippen molar-refractivity contribution in [3.05, 3.63) is 16.3 Å². The zero-order chi connectivity index (χ0) is 12.8. The van der Waals surface area contributed by atoms with Crippen LogP contribution in [0.3, 0.4) is 0 Å². The van der Waals surface area contributed by atoms with E-state index >= 15 is 0 Å². The number of aliphatic hydroxyl groups is 1. The number of carbonyl (C=O) groups excluding carboxylic acids is 1. The van der Waals surface area contributed by atoms with Crippen LogP contribution in [-0.4, -0.2) is 41.8 Å². The first-order chi connectivity index (χ1) is 8.10. The highest BCUT2D eigenvalue weighted by atomic mass is 32.1. The molecule has 0 unspecified atom stereocenters. The summed E-state index contributed by atoms with van der Waals surface area (Å²) in [5.41, 5.74) is 0. The predicted octanol–water partition coefficient (Wildman–Crippen LogP) is 0.322. The number of carboxylic acids is 1. The van der Waals surface area contributed by atoms with Crippen LogP contribution in [0, 0.1) is 0 Å². The maximum absolute atomic E-state index is 11.7. The molecule has 94 valence electrons.